The third-order valence-corrected chi connectivity index (χ3v) is 4.78. The number of benzene rings is 2. The molecular weight excluding hydrogens is 371 g/mol. The predicted octanol–water partition coefficient (Wildman–Crippen LogP) is 3.34. The zero-order chi connectivity index (χ0) is 19.4. The monoisotopic (exact) mass is 387 g/mol. The van der Waals surface area contributed by atoms with E-state index in [2.05, 4.69) is 0 Å². The average Bonchev–Trinajstić information content (AvgIpc) is 2.58. The van der Waals surface area contributed by atoms with Crippen molar-refractivity contribution in [3.8, 4) is 11.1 Å². The second-order valence-electron chi connectivity index (χ2n) is 5.45. The van der Waals surface area contributed by atoms with E-state index in [4.69, 9.17) is 9.92 Å². The number of carbonyl (C=O) groups is 1. The Morgan fingerprint density at radius 2 is 1.69 bits per heavy atom. The van der Waals surface area contributed by atoms with Gasteiger partial charge in [-0.2, -0.15) is 21.6 Å². The van der Waals surface area contributed by atoms with Gasteiger partial charge in [0.05, 0.1) is 17.1 Å². The molecule has 2 aromatic carbocycles. The molecule has 0 saturated carbocycles. The number of hydrogen-bond acceptors (Lipinski definition) is 4. The Labute approximate surface area is 148 Å². The van der Waals surface area contributed by atoms with Gasteiger partial charge in [0, 0.05) is 6.42 Å². The molecule has 0 unspecified atom stereocenters. The largest absolute Gasteiger partial charge is 0.416 e. The van der Waals surface area contributed by atoms with Gasteiger partial charge in [-0.25, -0.2) is 0 Å². The molecule has 0 aliphatic carbocycles. The number of rotatable bonds is 7. The van der Waals surface area contributed by atoms with Gasteiger partial charge in [-0.1, -0.05) is 24.3 Å². The van der Waals surface area contributed by atoms with Crippen molar-refractivity contribution in [2.45, 2.75) is 23.9 Å². The normalized spacial score (nSPS) is 12.1. The van der Waals surface area contributed by atoms with Crippen molar-refractivity contribution < 1.29 is 30.6 Å². The number of amides is 1. The van der Waals surface area contributed by atoms with Crippen LogP contribution in [0.25, 0.3) is 11.1 Å². The molecular formula is C17H16F3NO4S. The lowest BCUT2D eigenvalue weighted by Gasteiger charge is -2.09. The van der Waals surface area contributed by atoms with Crippen LogP contribution in [0.1, 0.15) is 18.4 Å². The highest BCUT2D eigenvalue weighted by molar-refractivity contribution is 7.86. The highest BCUT2D eigenvalue weighted by Gasteiger charge is 2.30. The molecule has 0 spiro atoms. The summed E-state index contributed by atoms with van der Waals surface area (Å²) < 4.78 is 67.0. The summed E-state index contributed by atoms with van der Waals surface area (Å²) >= 11 is 0. The molecule has 0 saturated heterocycles. The Hall–Kier alpha value is -2.39. The molecule has 26 heavy (non-hydrogen) atoms. The molecule has 0 bridgehead atoms. The molecule has 0 aromatic heterocycles. The molecule has 0 heterocycles. The van der Waals surface area contributed by atoms with Crippen LogP contribution in [0.5, 0.6) is 0 Å². The van der Waals surface area contributed by atoms with Crippen molar-refractivity contribution in [3.63, 3.8) is 0 Å². The average molecular weight is 387 g/mol. The minimum atomic E-state index is -4.44. The Morgan fingerprint density at radius 1 is 1.04 bits per heavy atom. The standard InChI is InChI=1S/C17H16F3NO4S/c18-17(19,20)14-8-6-12(7-9-14)13-3-1-4-15(11-13)26(23,24)25-10-2-5-16(21)22/h1,3-4,6-9,11H,2,5,10H2,(H2,21,22). The van der Waals surface area contributed by atoms with Crippen LogP contribution in [-0.2, 0) is 25.3 Å². The van der Waals surface area contributed by atoms with Crippen LogP contribution < -0.4 is 5.73 Å². The van der Waals surface area contributed by atoms with Crippen LogP contribution in [0.4, 0.5) is 13.2 Å². The van der Waals surface area contributed by atoms with E-state index >= 15 is 0 Å². The Balaban J connectivity index is 2.18. The molecule has 0 aliphatic rings. The number of nitrogens with two attached hydrogens (primary N) is 1. The van der Waals surface area contributed by atoms with Crippen LogP contribution in [0.2, 0.25) is 0 Å². The van der Waals surface area contributed by atoms with Crippen molar-refractivity contribution in [2.24, 2.45) is 5.73 Å². The SMILES string of the molecule is NC(=O)CCCOS(=O)(=O)c1cccc(-c2ccc(C(F)(F)F)cc2)c1. The Morgan fingerprint density at radius 3 is 2.27 bits per heavy atom. The summed E-state index contributed by atoms with van der Waals surface area (Å²) in [6.07, 6.45) is -4.28. The maximum atomic E-state index is 12.6. The number of carbonyl (C=O) groups excluding carboxylic acids is 1. The van der Waals surface area contributed by atoms with Crippen LogP contribution in [0.15, 0.2) is 53.4 Å². The van der Waals surface area contributed by atoms with E-state index in [9.17, 15) is 26.4 Å². The Bertz CT molecular complexity index is 878. The maximum Gasteiger partial charge on any atom is 0.416 e. The van der Waals surface area contributed by atoms with Gasteiger partial charge in [-0.15, -0.1) is 0 Å². The van der Waals surface area contributed by atoms with E-state index in [0.717, 1.165) is 12.1 Å². The zero-order valence-corrected chi connectivity index (χ0v) is 14.3. The van der Waals surface area contributed by atoms with E-state index in [0.29, 0.717) is 11.1 Å². The summed E-state index contributed by atoms with van der Waals surface area (Å²) in [6.45, 7) is -0.199. The van der Waals surface area contributed by atoms with Gasteiger partial charge < -0.3 is 5.73 Å². The zero-order valence-electron chi connectivity index (χ0n) is 13.5. The third-order valence-electron chi connectivity index (χ3n) is 3.47. The lowest BCUT2D eigenvalue weighted by molar-refractivity contribution is -0.137. The van der Waals surface area contributed by atoms with Gasteiger partial charge in [0.1, 0.15) is 0 Å². The second kappa shape index (κ2) is 7.88. The van der Waals surface area contributed by atoms with Crippen LogP contribution in [0.3, 0.4) is 0 Å². The molecule has 9 heteroatoms. The fraction of sp³-hybridized carbons (Fsp3) is 0.235. The van der Waals surface area contributed by atoms with E-state index in [1.54, 1.807) is 6.07 Å². The molecule has 0 atom stereocenters. The molecule has 5 nitrogen and oxygen atoms in total. The summed E-state index contributed by atoms with van der Waals surface area (Å²) in [5.41, 5.74) is 5.04. The first-order chi connectivity index (χ1) is 12.1. The van der Waals surface area contributed by atoms with E-state index in [1.807, 2.05) is 0 Å². The van der Waals surface area contributed by atoms with Gasteiger partial charge in [0.15, 0.2) is 0 Å². The molecule has 0 fully saturated rings. The minimum absolute atomic E-state index is 0.00110. The van der Waals surface area contributed by atoms with E-state index in [-0.39, 0.29) is 24.3 Å². The summed E-state index contributed by atoms with van der Waals surface area (Å²) in [4.78, 5) is 10.5. The first-order valence-electron chi connectivity index (χ1n) is 7.55. The van der Waals surface area contributed by atoms with Gasteiger partial charge in [0.25, 0.3) is 10.1 Å². The molecule has 1 amide bonds. The predicted molar refractivity (Wildman–Crippen MR) is 88.4 cm³/mol. The summed E-state index contributed by atoms with van der Waals surface area (Å²) in [5.74, 6) is -0.560. The molecule has 140 valence electrons. The van der Waals surface area contributed by atoms with Gasteiger partial charge in [-0.3, -0.25) is 8.98 Å². The number of hydrogen-bond donors (Lipinski definition) is 1. The maximum absolute atomic E-state index is 12.6. The van der Waals surface area contributed by atoms with Crippen LogP contribution in [0, 0.1) is 0 Å². The number of primary amides is 1. The lowest BCUT2D eigenvalue weighted by atomic mass is 10.0. The highest BCUT2D eigenvalue weighted by Crippen LogP contribution is 2.31. The fourth-order valence-corrected chi connectivity index (χ4v) is 3.16. The molecule has 2 N–H and O–H groups in total. The van der Waals surface area contributed by atoms with Gasteiger partial charge >= 0.3 is 6.18 Å². The number of alkyl halides is 3. The van der Waals surface area contributed by atoms with Crippen molar-refractivity contribution in [2.75, 3.05) is 6.61 Å². The van der Waals surface area contributed by atoms with E-state index in [1.165, 1.54) is 30.3 Å². The fourth-order valence-electron chi connectivity index (χ4n) is 2.17. The first kappa shape index (κ1) is 19.9. The van der Waals surface area contributed by atoms with Crippen LogP contribution in [-0.4, -0.2) is 20.9 Å². The molecule has 2 rings (SSSR count). The van der Waals surface area contributed by atoms with Gasteiger partial charge in [-0.05, 0) is 41.8 Å². The minimum Gasteiger partial charge on any atom is -0.370 e. The molecule has 2 aromatic rings. The third kappa shape index (κ3) is 5.30. The van der Waals surface area contributed by atoms with Crippen molar-refractivity contribution in [1.29, 1.82) is 0 Å². The van der Waals surface area contributed by atoms with Crippen LogP contribution >= 0.6 is 0 Å². The molecule has 0 radical (unpaired) electrons. The highest BCUT2D eigenvalue weighted by atomic mass is 32.2. The van der Waals surface area contributed by atoms with Crippen molar-refractivity contribution in [3.05, 3.63) is 54.1 Å². The summed E-state index contributed by atoms with van der Waals surface area (Å²) in [7, 11) is -4.05. The first-order valence-corrected chi connectivity index (χ1v) is 8.96. The smallest absolute Gasteiger partial charge is 0.370 e. The summed E-state index contributed by atoms with van der Waals surface area (Å²) in [6, 6.07) is 10.1. The molecule has 0 aliphatic heterocycles. The summed E-state index contributed by atoms with van der Waals surface area (Å²) in [5, 5.41) is 0. The number of halogens is 3. The Kier molecular flexibility index (Phi) is 6.04. The quantitative estimate of drug-likeness (QED) is 0.583. The van der Waals surface area contributed by atoms with E-state index < -0.39 is 27.8 Å². The second-order valence-corrected chi connectivity index (χ2v) is 7.06. The topological polar surface area (TPSA) is 86.5 Å². The van der Waals surface area contributed by atoms with Gasteiger partial charge in [0.2, 0.25) is 5.91 Å². The van der Waals surface area contributed by atoms with Crippen molar-refractivity contribution in [1.82, 2.24) is 0 Å². The van der Waals surface area contributed by atoms with Crippen molar-refractivity contribution >= 4 is 16.0 Å². The lowest BCUT2D eigenvalue weighted by Crippen LogP contribution is -2.13.